The predicted octanol–water partition coefficient (Wildman–Crippen LogP) is -0.810. The van der Waals surface area contributed by atoms with Crippen molar-refractivity contribution < 1.29 is 9.59 Å². The molecule has 5 heteroatoms. The largest absolute Gasteiger partial charge is 0.353 e. The van der Waals surface area contributed by atoms with Crippen LogP contribution in [0.1, 0.15) is 13.3 Å². The first-order valence-corrected chi connectivity index (χ1v) is 5.93. The van der Waals surface area contributed by atoms with E-state index < -0.39 is 0 Å². The van der Waals surface area contributed by atoms with Gasteiger partial charge < -0.3 is 15.5 Å². The van der Waals surface area contributed by atoms with Crippen molar-refractivity contribution in [1.82, 2.24) is 15.5 Å². The van der Waals surface area contributed by atoms with Gasteiger partial charge in [0.2, 0.25) is 11.8 Å². The minimum Gasteiger partial charge on any atom is -0.353 e. The van der Waals surface area contributed by atoms with Crippen LogP contribution in [0.2, 0.25) is 0 Å². The van der Waals surface area contributed by atoms with Gasteiger partial charge in [0.15, 0.2) is 0 Å². The van der Waals surface area contributed by atoms with E-state index >= 15 is 0 Å². The number of carbonyl (C=O) groups is 2. The highest BCUT2D eigenvalue weighted by Crippen LogP contribution is 2.18. The summed E-state index contributed by atoms with van der Waals surface area (Å²) in [7, 11) is 0. The molecular weight excluding hydrogens is 206 g/mol. The molecule has 2 N–H and O–H groups in total. The van der Waals surface area contributed by atoms with Crippen molar-refractivity contribution in [2.45, 2.75) is 13.3 Å². The second-order valence-electron chi connectivity index (χ2n) is 4.81. The lowest BCUT2D eigenvalue weighted by atomic mass is 9.90. The molecule has 0 radical (unpaired) electrons. The van der Waals surface area contributed by atoms with E-state index in [9.17, 15) is 9.59 Å². The Morgan fingerprint density at radius 1 is 1.44 bits per heavy atom. The van der Waals surface area contributed by atoms with Gasteiger partial charge in [0, 0.05) is 19.6 Å². The third-order valence-corrected chi connectivity index (χ3v) is 3.27. The zero-order valence-corrected chi connectivity index (χ0v) is 9.66. The molecule has 2 heterocycles. The lowest BCUT2D eigenvalue weighted by Gasteiger charge is -2.33. The van der Waals surface area contributed by atoms with E-state index in [1.807, 2.05) is 0 Å². The number of amides is 2. The van der Waals surface area contributed by atoms with E-state index in [0.717, 1.165) is 19.5 Å². The standard InChI is InChI=1S/C11H19N3O2/c1-8-4-9(6-12-5-8)11(16)14-3-2-13-10(15)7-14/h8-9,12H,2-7H2,1H3,(H,13,15). The molecule has 2 rings (SSSR count). The van der Waals surface area contributed by atoms with Crippen molar-refractivity contribution in [3.05, 3.63) is 0 Å². The van der Waals surface area contributed by atoms with Crippen LogP contribution in [-0.4, -0.2) is 49.4 Å². The molecule has 2 fully saturated rings. The molecule has 0 bridgehead atoms. The summed E-state index contributed by atoms with van der Waals surface area (Å²) in [6.07, 6.45) is 0.934. The molecule has 0 aromatic rings. The first-order valence-electron chi connectivity index (χ1n) is 5.93. The maximum Gasteiger partial charge on any atom is 0.239 e. The van der Waals surface area contributed by atoms with Gasteiger partial charge in [-0.1, -0.05) is 6.92 Å². The first-order chi connectivity index (χ1) is 7.66. The average Bonchev–Trinajstić information content (AvgIpc) is 2.28. The van der Waals surface area contributed by atoms with E-state index in [1.54, 1.807) is 4.90 Å². The summed E-state index contributed by atoms with van der Waals surface area (Å²) in [5, 5.41) is 6.00. The SMILES string of the molecule is CC1CNCC(C(=O)N2CCNC(=O)C2)C1. The van der Waals surface area contributed by atoms with Gasteiger partial charge >= 0.3 is 0 Å². The maximum absolute atomic E-state index is 12.2. The predicted molar refractivity (Wildman–Crippen MR) is 59.7 cm³/mol. The Balaban J connectivity index is 1.92. The molecule has 5 nitrogen and oxygen atoms in total. The topological polar surface area (TPSA) is 61.4 Å². The van der Waals surface area contributed by atoms with Crippen molar-refractivity contribution in [2.24, 2.45) is 11.8 Å². The number of hydrogen-bond donors (Lipinski definition) is 2. The Hall–Kier alpha value is -1.10. The van der Waals surface area contributed by atoms with Gasteiger partial charge in [0.05, 0.1) is 12.5 Å². The fourth-order valence-electron chi connectivity index (χ4n) is 2.43. The highest BCUT2D eigenvalue weighted by Gasteiger charge is 2.30. The molecule has 0 saturated carbocycles. The highest BCUT2D eigenvalue weighted by molar-refractivity contribution is 5.87. The fraction of sp³-hybridized carbons (Fsp3) is 0.818. The molecule has 90 valence electrons. The van der Waals surface area contributed by atoms with Crippen LogP contribution in [0.15, 0.2) is 0 Å². The molecule has 0 aromatic heterocycles. The Kier molecular flexibility index (Phi) is 3.43. The Morgan fingerprint density at radius 2 is 2.25 bits per heavy atom. The molecule has 2 aliphatic rings. The molecule has 2 unspecified atom stereocenters. The minimum absolute atomic E-state index is 0.0450. The number of piperazine rings is 1. The van der Waals surface area contributed by atoms with Crippen LogP contribution in [0.3, 0.4) is 0 Å². The third kappa shape index (κ3) is 2.52. The lowest BCUT2D eigenvalue weighted by molar-refractivity contribution is -0.142. The van der Waals surface area contributed by atoms with Gasteiger partial charge in [0.1, 0.15) is 0 Å². The van der Waals surface area contributed by atoms with Crippen molar-refractivity contribution >= 4 is 11.8 Å². The summed E-state index contributed by atoms with van der Waals surface area (Å²) in [5.41, 5.74) is 0. The number of nitrogens with one attached hydrogen (secondary N) is 2. The van der Waals surface area contributed by atoms with Crippen LogP contribution in [0.5, 0.6) is 0 Å². The van der Waals surface area contributed by atoms with Crippen LogP contribution in [-0.2, 0) is 9.59 Å². The van der Waals surface area contributed by atoms with Crippen molar-refractivity contribution in [2.75, 3.05) is 32.7 Å². The van der Waals surface area contributed by atoms with Gasteiger partial charge in [-0.15, -0.1) is 0 Å². The molecule has 16 heavy (non-hydrogen) atoms. The molecular formula is C11H19N3O2. The van der Waals surface area contributed by atoms with E-state index in [0.29, 0.717) is 19.0 Å². The summed E-state index contributed by atoms with van der Waals surface area (Å²) in [6, 6.07) is 0. The Morgan fingerprint density at radius 3 is 2.94 bits per heavy atom. The second kappa shape index (κ2) is 4.82. The summed E-state index contributed by atoms with van der Waals surface area (Å²) >= 11 is 0. The van der Waals surface area contributed by atoms with E-state index in [4.69, 9.17) is 0 Å². The van der Waals surface area contributed by atoms with Crippen molar-refractivity contribution in [3.63, 3.8) is 0 Å². The average molecular weight is 225 g/mol. The summed E-state index contributed by atoms with van der Waals surface area (Å²) < 4.78 is 0. The Bertz CT molecular complexity index is 293. The third-order valence-electron chi connectivity index (χ3n) is 3.27. The number of rotatable bonds is 1. The van der Waals surface area contributed by atoms with Crippen LogP contribution >= 0.6 is 0 Å². The van der Waals surface area contributed by atoms with Gasteiger partial charge in [-0.25, -0.2) is 0 Å². The maximum atomic E-state index is 12.2. The number of carbonyl (C=O) groups excluding carboxylic acids is 2. The van der Waals surface area contributed by atoms with Crippen LogP contribution in [0, 0.1) is 11.8 Å². The lowest BCUT2D eigenvalue weighted by Crippen LogP contribution is -2.53. The summed E-state index contributed by atoms with van der Waals surface area (Å²) in [4.78, 5) is 25.0. The number of nitrogens with zero attached hydrogens (tertiary/aromatic N) is 1. The van der Waals surface area contributed by atoms with Gasteiger partial charge in [-0.05, 0) is 18.9 Å². The van der Waals surface area contributed by atoms with Crippen LogP contribution in [0.25, 0.3) is 0 Å². The highest BCUT2D eigenvalue weighted by atomic mass is 16.2. The zero-order chi connectivity index (χ0) is 11.5. The van der Waals surface area contributed by atoms with Crippen LogP contribution < -0.4 is 10.6 Å². The quantitative estimate of drug-likeness (QED) is 0.613. The van der Waals surface area contributed by atoms with Gasteiger partial charge in [0.25, 0.3) is 0 Å². The first kappa shape index (κ1) is 11.4. The fourth-order valence-corrected chi connectivity index (χ4v) is 2.43. The van der Waals surface area contributed by atoms with Gasteiger partial charge in [-0.2, -0.15) is 0 Å². The number of piperidine rings is 1. The number of hydrogen-bond acceptors (Lipinski definition) is 3. The smallest absolute Gasteiger partial charge is 0.239 e. The zero-order valence-electron chi connectivity index (χ0n) is 9.66. The van der Waals surface area contributed by atoms with E-state index in [1.165, 1.54) is 0 Å². The Labute approximate surface area is 95.6 Å². The van der Waals surface area contributed by atoms with Crippen molar-refractivity contribution in [1.29, 1.82) is 0 Å². The van der Waals surface area contributed by atoms with Gasteiger partial charge in [-0.3, -0.25) is 9.59 Å². The summed E-state index contributed by atoms with van der Waals surface area (Å²) in [5.74, 6) is 0.682. The van der Waals surface area contributed by atoms with E-state index in [2.05, 4.69) is 17.6 Å². The summed E-state index contributed by atoms with van der Waals surface area (Å²) in [6.45, 7) is 5.35. The van der Waals surface area contributed by atoms with E-state index in [-0.39, 0.29) is 24.3 Å². The minimum atomic E-state index is -0.0450. The molecule has 2 atom stereocenters. The molecule has 2 aliphatic heterocycles. The monoisotopic (exact) mass is 225 g/mol. The molecule has 0 spiro atoms. The second-order valence-corrected chi connectivity index (χ2v) is 4.81. The van der Waals surface area contributed by atoms with Crippen molar-refractivity contribution in [3.8, 4) is 0 Å². The molecule has 2 amide bonds. The normalized spacial score (nSPS) is 31.1. The molecule has 0 aliphatic carbocycles. The molecule has 2 saturated heterocycles. The van der Waals surface area contributed by atoms with Crippen LogP contribution in [0.4, 0.5) is 0 Å². The molecule has 0 aromatic carbocycles.